The van der Waals surface area contributed by atoms with Crippen molar-refractivity contribution in [2.45, 2.75) is 13.0 Å². The molecule has 2 rings (SSSR count). The highest BCUT2D eigenvalue weighted by Gasteiger charge is 2.24. The highest BCUT2D eigenvalue weighted by atomic mass is 79.9. The quantitative estimate of drug-likeness (QED) is 0.375. The van der Waals surface area contributed by atoms with E-state index in [1.807, 2.05) is 18.2 Å². The maximum atomic E-state index is 8.91. The first-order chi connectivity index (χ1) is 9.02. The van der Waals surface area contributed by atoms with Gasteiger partial charge in [-0.3, -0.25) is 0 Å². The number of oxime groups is 1. The lowest BCUT2D eigenvalue weighted by Crippen LogP contribution is -2.51. The Morgan fingerprint density at radius 2 is 2.21 bits per heavy atom. The lowest BCUT2D eigenvalue weighted by atomic mass is 10.1. The van der Waals surface area contributed by atoms with Gasteiger partial charge in [-0.15, -0.1) is 0 Å². The Morgan fingerprint density at radius 3 is 2.84 bits per heavy atom. The summed E-state index contributed by atoms with van der Waals surface area (Å²) >= 11 is 3.49. The van der Waals surface area contributed by atoms with Gasteiger partial charge in [0.25, 0.3) is 0 Å². The number of piperazine rings is 1. The van der Waals surface area contributed by atoms with Gasteiger partial charge in [0.15, 0.2) is 5.84 Å². The first-order valence-electron chi connectivity index (χ1n) is 6.25. The zero-order valence-electron chi connectivity index (χ0n) is 11.2. The number of hydrogen-bond donors (Lipinski definition) is 2. The fraction of sp³-hybridized carbons (Fsp3) is 0.462. The van der Waals surface area contributed by atoms with Crippen LogP contribution in [-0.2, 0) is 0 Å². The second kappa shape index (κ2) is 5.79. The molecule has 1 aromatic rings. The molecule has 0 aromatic heterocycles. The van der Waals surface area contributed by atoms with Gasteiger partial charge in [-0.2, -0.15) is 0 Å². The topological polar surface area (TPSA) is 65.1 Å². The van der Waals surface area contributed by atoms with Crippen LogP contribution >= 0.6 is 15.9 Å². The van der Waals surface area contributed by atoms with Crippen molar-refractivity contribution in [2.75, 3.05) is 31.6 Å². The van der Waals surface area contributed by atoms with Gasteiger partial charge in [0.2, 0.25) is 0 Å². The fourth-order valence-electron chi connectivity index (χ4n) is 2.51. The highest BCUT2D eigenvalue weighted by Crippen LogP contribution is 2.28. The number of hydrogen-bond acceptors (Lipinski definition) is 4. The molecule has 0 aliphatic carbocycles. The average Bonchev–Trinajstić information content (AvgIpc) is 2.38. The van der Waals surface area contributed by atoms with E-state index in [0.29, 0.717) is 6.04 Å². The molecule has 1 aromatic carbocycles. The van der Waals surface area contributed by atoms with E-state index in [2.05, 4.69) is 44.9 Å². The minimum Gasteiger partial charge on any atom is -0.409 e. The molecule has 0 saturated carbocycles. The summed E-state index contributed by atoms with van der Waals surface area (Å²) in [6.45, 7) is 5.13. The van der Waals surface area contributed by atoms with Gasteiger partial charge in [0.05, 0.1) is 0 Å². The number of anilines is 1. The van der Waals surface area contributed by atoms with Crippen molar-refractivity contribution in [1.29, 1.82) is 0 Å². The van der Waals surface area contributed by atoms with Crippen LogP contribution in [0.3, 0.4) is 0 Å². The summed E-state index contributed by atoms with van der Waals surface area (Å²) in [5, 5.41) is 12.0. The predicted octanol–water partition coefficient (Wildman–Crippen LogP) is 1.68. The predicted molar refractivity (Wildman–Crippen MR) is 81.0 cm³/mol. The molecule has 19 heavy (non-hydrogen) atoms. The zero-order valence-corrected chi connectivity index (χ0v) is 12.8. The molecule has 1 unspecified atom stereocenters. The summed E-state index contributed by atoms with van der Waals surface area (Å²) in [6, 6.07) is 6.19. The normalized spacial score (nSPS) is 21.7. The summed E-state index contributed by atoms with van der Waals surface area (Å²) in [5.74, 6) is 0.147. The van der Waals surface area contributed by atoms with Gasteiger partial charge in [0, 0.05) is 41.4 Å². The molecular formula is C13H19BrN4O. The smallest absolute Gasteiger partial charge is 0.172 e. The lowest BCUT2D eigenvalue weighted by Gasteiger charge is -2.40. The maximum absolute atomic E-state index is 8.91. The average molecular weight is 327 g/mol. The summed E-state index contributed by atoms with van der Waals surface area (Å²) < 4.78 is 0.989. The third-order valence-electron chi connectivity index (χ3n) is 3.48. The van der Waals surface area contributed by atoms with Gasteiger partial charge in [0.1, 0.15) is 0 Å². The van der Waals surface area contributed by atoms with E-state index in [1.54, 1.807) is 0 Å². The van der Waals surface area contributed by atoms with Crippen LogP contribution in [0, 0.1) is 0 Å². The van der Waals surface area contributed by atoms with Gasteiger partial charge in [-0.05, 0) is 32.2 Å². The second-order valence-electron chi connectivity index (χ2n) is 4.95. The Balaban J connectivity index is 2.40. The van der Waals surface area contributed by atoms with E-state index >= 15 is 0 Å². The Morgan fingerprint density at radius 1 is 1.47 bits per heavy atom. The Bertz CT molecular complexity index is 492. The minimum absolute atomic E-state index is 0.147. The lowest BCUT2D eigenvalue weighted by molar-refractivity contribution is 0.275. The van der Waals surface area contributed by atoms with Gasteiger partial charge in [-0.1, -0.05) is 21.1 Å². The molecule has 6 heteroatoms. The summed E-state index contributed by atoms with van der Waals surface area (Å²) in [4.78, 5) is 4.61. The molecule has 104 valence electrons. The third kappa shape index (κ3) is 3.01. The molecule has 1 heterocycles. The second-order valence-corrected chi connectivity index (χ2v) is 5.87. The number of benzene rings is 1. The molecule has 1 fully saturated rings. The third-order valence-corrected chi connectivity index (χ3v) is 3.98. The minimum atomic E-state index is 0.147. The molecule has 0 spiro atoms. The number of rotatable bonds is 2. The Kier molecular flexibility index (Phi) is 4.31. The zero-order chi connectivity index (χ0) is 14.0. The number of amidine groups is 1. The Labute approximate surface area is 121 Å². The van der Waals surface area contributed by atoms with Crippen molar-refractivity contribution in [2.24, 2.45) is 10.9 Å². The van der Waals surface area contributed by atoms with E-state index < -0.39 is 0 Å². The van der Waals surface area contributed by atoms with Crippen LogP contribution in [0.15, 0.2) is 27.8 Å². The molecule has 1 saturated heterocycles. The van der Waals surface area contributed by atoms with Crippen molar-refractivity contribution in [3.8, 4) is 0 Å². The maximum Gasteiger partial charge on any atom is 0.172 e. The van der Waals surface area contributed by atoms with Crippen LogP contribution in [0.1, 0.15) is 12.5 Å². The molecule has 0 radical (unpaired) electrons. The molecule has 3 N–H and O–H groups in total. The van der Waals surface area contributed by atoms with E-state index in [1.165, 1.54) is 0 Å². The van der Waals surface area contributed by atoms with Crippen molar-refractivity contribution >= 4 is 27.5 Å². The summed E-state index contributed by atoms with van der Waals surface area (Å²) in [7, 11) is 2.12. The first-order valence-corrected chi connectivity index (χ1v) is 7.05. The molecule has 1 aliphatic heterocycles. The number of nitrogens with zero attached hydrogens (tertiary/aromatic N) is 3. The molecule has 5 nitrogen and oxygen atoms in total. The van der Waals surface area contributed by atoms with Crippen LogP contribution in [0.4, 0.5) is 5.69 Å². The molecule has 0 bridgehead atoms. The van der Waals surface area contributed by atoms with Crippen LogP contribution < -0.4 is 10.6 Å². The fourth-order valence-corrected chi connectivity index (χ4v) is 2.86. The molecular weight excluding hydrogens is 308 g/mol. The number of likely N-dealkylation sites (N-methyl/N-ethyl adjacent to an activating group) is 1. The first kappa shape index (κ1) is 14.1. The Hall–Kier alpha value is -1.27. The van der Waals surface area contributed by atoms with Crippen molar-refractivity contribution in [3.05, 3.63) is 28.2 Å². The van der Waals surface area contributed by atoms with Crippen LogP contribution in [0.25, 0.3) is 0 Å². The van der Waals surface area contributed by atoms with Crippen LogP contribution in [0.5, 0.6) is 0 Å². The van der Waals surface area contributed by atoms with Gasteiger partial charge in [-0.25, -0.2) is 0 Å². The van der Waals surface area contributed by atoms with E-state index in [-0.39, 0.29) is 5.84 Å². The monoisotopic (exact) mass is 326 g/mol. The SMILES string of the molecule is CC1CN(C)CCN1c1cc(Br)ccc1/C(N)=N/O. The molecule has 1 aliphatic rings. The summed E-state index contributed by atoms with van der Waals surface area (Å²) in [5.41, 5.74) is 7.54. The van der Waals surface area contributed by atoms with Crippen molar-refractivity contribution < 1.29 is 5.21 Å². The van der Waals surface area contributed by atoms with Crippen LogP contribution in [0.2, 0.25) is 0 Å². The van der Waals surface area contributed by atoms with Crippen LogP contribution in [-0.4, -0.2) is 48.7 Å². The number of nitrogens with two attached hydrogens (primary N) is 1. The van der Waals surface area contributed by atoms with Crippen molar-refractivity contribution in [1.82, 2.24) is 4.90 Å². The van der Waals surface area contributed by atoms with Gasteiger partial charge >= 0.3 is 0 Å². The standard InChI is InChI=1S/C13H19BrN4O/c1-9-8-17(2)5-6-18(9)12-7-10(14)3-4-11(12)13(15)16-19/h3-4,7,9,19H,5-6,8H2,1-2H3,(H2,15,16). The highest BCUT2D eigenvalue weighted by molar-refractivity contribution is 9.10. The van der Waals surface area contributed by atoms with Crippen molar-refractivity contribution in [3.63, 3.8) is 0 Å². The summed E-state index contributed by atoms with van der Waals surface area (Å²) in [6.07, 6.45) is 0. The van der Waals surface area contributed by atoms with Gasteiger partial charge < -0.3 is 20.7 Å². The molecule has 0 amide bonds. The van der Waals surface area contributed by atoms with E-state index in [9.17, 15) is 0 Å². The largest absolute Gasteiger partial charge is 0.409 e. The molecule has 1 atom stereocenters. The number of halogens is 1. The van der Waals surface area contributed by atoms with E-state index in [0.717, 1.165) is 35.4 Å². The van der Waals surface area contributed by atoms with E-state index in [4.69, 9.17) is 10.9 Å².